The van der Waals surface area contributed by atoms with Crippen molar-refractivity contribution in [3.63, 3.8) is 0 Å². The summed E-state index contributed by atoms with van der Waals surface area (Å²) in [5, 5.41) is 13.1. The van der Waals surface area contributed by atoms with E-state index in [0.717, 1.165) is 0 Å². The molecule has 0 aliphatic carbocycles. The Morgan fingerprint density at radius 2 is 2.08 bits per heavy atom. The summed E-state index contributed by atoms with van der Waals surface area (Å²) in [5.41, 5.74) is 1.81. The van der Waals surface area contributed by atoms with Gasteiger partial charge in [-0.2, -0.15) is 10.2 Å². The van der Waals surface area contributed by atoms with Crippen LogP contribution in [0.5, 0.6) is 0 Å². The molecule has 7 heteroatoms. The molecule has 0 N–H and O–H groups in total. The minimum atomic E-state index is -0.210. The second-order valence-electron chi connectivity index (χ2n) is 5.25. The maximum absolute atomic E-state index is 12.2. The van der Waals surface area contributed by atoms with Crippen LogP contribution in [0.4, 0.5) is 0 Å². The fraction of sp³-hybridized carbons (Fsp3) is 0.118. The number of amides is 1. The zero-order valence-electron chi connectivity index (χ0n) is 13.1. The maximum atomic E-state index is 12.2. The fourth-order valence-corrected chi connectivity index (χ4v) is 2.14. The van der Waals surface area contributed by atoms with Gasteiger partial charge in [0.2, 0.25) is 5.82 Å². The topological polar surface area (TPSA) is 95.9 Å². The zero-order valence-corrected chi connectivity index (χ0v) is 13.1. The number of carbonyl (C=O) groups excluding carboxylic acids is 1. The van der Waals surface area contributed by atoms with Crippen molar-refractivity contribution in [1.82, 2.24) is 20.0 Å². The molecule has 0 bridgehead atoms. The zero-order chi connectivity index (χ0) is 17.1. The Morgan fingerprint density at radius 1 is 1.25 bits per heavy atom. The highest BCUT2D eigenvalue weighted by Gasteiger charge is 2.16. The van der Waals surface area contributed by atoms with Crippen molar-refractivity contribution in [2.24, 2.45) is 0 Å². The number of hydrogen-bond donors (Lipinski definition) is 0. The van der Waals surface area contributed by atoms with Crippen LogP contribution in [0.3, 0.4) is 0 Å². The third-order valence-corrected chi connectivity index (χ3v) is 3.28. The number of hydrogen-bond acceptors (Lipinski definition) is 6. The lowest BCUT2D eigenvalue weighted by Crippen LogP contribution is -2.21. The summed E-state index contributed by atoms with van der Waals surface area (Å²) in [5.74, 6) is 0.354. The van der Waals surface area contributed by atoms with Gasteiger partial charge in [-0.1, -0.05) is 11.2 Å². The molecule has 3 rings (SSSR count). The molecule has 24 heavy (non-hydrogen) atoms. The van der Waals surface area contributed by atoms with E-state index in [1.807, 2.05) is 12.1 Å². The summed E-state index contributed by atoms with van der Waals surface area (Å²) in [6.45, 7) is 0. The molecule has 0 saturated heterocycles. The molecular weight excluding hydrogens is 306 g/mol. The van der Waals surface area contributed by atoms with Crippen molar-refractivity contribution in [3.8, 4) is 29.0 Å². The van der Waals surface area contributed by atoms with Gasteiger partial charge < -0.3 is 9.42 Å². The SMILES string of the molecule is CN(C)C(=O)c1cc(C#N)cc(-c2nc(-c3ccccn3)no2)c1. The summed E-state index contributed by atoms with van der Waals surface area (Å²) >= 11 is 0. The van der Waals surface area contributed by atoms with E-state index in [1.165, 1.54) is 11.0 Å². The van der Waals surface area contributed by atoms with Crippen molar-refractivity contribution in [1.29, 1.82) is 5.26 Å². The number of benzene rings is 1. The van der Waals surface area contributed by atoms with E-state index in [2.05, 4.69) is 15.1 Å². The Morgan fingerprint density at radius 3 is 2.75 bits per heavy atom. The molecule has 2 heterocycles. The molecule has 3 aromatic rings. The van der Waals surface area contributed by atoms with E-state index >= 15 is 0 Å². The van der Waals surface area contributed by atoms with E-state index in [1.54, 1.807) is 44.6 Å². The molecule has 0 aliphatic rings. The van der Waals surface area contributed by atoms with Crippen molar-refractivity contribution in [2.45, 2.75) is 0 Å². The van der Waals surface area contributed by atoms with E-state index < -0.39 is 0 Å². The first-order chi connectivity index (χ1) is 11.6. The monoisotopic (exact) mass is 319 g/mol. The number of rotatable bonds is 3. The van der Waals surface area contributed by atoms with Gasteiger partial charge in [-0.05, 0) is 30.3 Å². The molecule has 7 nitrogen and oxygen atoms in total. The van der Waals surface area contributed by atoms with Crippen LogP contribution in [0, 0.1) is 11.3 Å². The molecule has 0 saturated carbocycles. The molecule has 0 aliphatic heterocycles. The predicted octanol–water partition coefficient (Wildman–Crippen LogP) is 2.37. The summed E-state index contributed by atoms with van der Waals surface area (Å²) < 4.78 is 5.26. The van der Waals surface area contributed by atoms with Gasteiger partial charge in [-0.25, -0.2) is 0 Å². The van der Waals surface area contributed by atoms with Crippen LogP contribution in [0.2, 0.25) is 0 Å². The smallest absolute Gasteiger partial charge is 0.258 e. The van der Waals surface area contributed by atoms with E-state index in [4.69, 9.17) is 4.52 Å². The predicted molar refractivity (Wildman–Crippen MR) is 85.7 cm³/mol. The number of carbonyl (C=O) groups is 1. The lowest BCUT2D eigenvalue weighted by molar-refractivity contribution is 0.0827. The molecule has 118 valence electrons. The van der Waals surface area contributed by atoms with Crippen LogP contribution in [0.15, 0.2) is 47.1 Å². The van der Waals surface area contributed by atoms with Crippen LogP contribution in [-0.4, -0.2) is 40.0 Å². The highest BCUT2D eigenvalue weighted by Crippen LogP contribution is 2.24. The lowest BCUT2D eigenvalue weighted by Gasteiger charge is -2.10. The minimum absolute atomic E-state index is 0.210. The van der Waals surface area contributed by atoms with Crippen molar-refractivity contribution < 1.29 is 9.32 Å². The Kier molecular flexibility index (Phi) is 4.03. The molecule has 0 atom stereocenters. The molecule has 0 radical (unpaired) electrons. The molecular formula is C17H13N5O2. The molecule has 0 unspecified atom stereocenters. The number of nitriles is 1. The van der Waals surface area contributed by atoms with Crippen LogP contribution in [-0.2, 0) is 0 Å². The van der Waals surface area contributed by atoms with Gasteiger partial charge in [0, 0.05) is 31.4 Å². The summed E-state index contributed by atoms with van der Waals surface area (Å²) in [6, 6.07) is 12.2. The Labute approximate surface area is 138 Å². The second kappa shape index (κ2) is 6.30. The highest BCUT2D eigenvalue weighted by molar-refractivity contribution is 5.95. The quantitative estimate of drug-likeness (QED) is 0.735. The van der Waals surface area contributed by atoms with E-state index in [9.17, 15) is 10.1 Å². The third-order valence-electron chi connectivity index (χ3n) is 3.28. The first-order valence-corrected chi connectivity index (χ1v) is 7.11. The maximum Gasteiger partial charge on any atom is 0.258 e. The van der Waals surface area contributed by atoms with Gasteiger partial charge in [-0.3, -0.25) is 9.78 Å². The van der Waals surface area contributed by atoms with Crippen LogP contribution < -0.4 is 0 Å². The largest absolute Gasteiger partial charge is 0.345 e. The van der Waals surface area contributed by atoms with Crippen LogP contribution in [0.1, 0.15) is 15.9 Å². The van der Waals surface area contributed by atoms with E-state index in [0.29, 0.717) is 28.2 Å². The Bertz CT molecular complexity index is 926. The van der Waals surface area contributed by atoms with Crippen molar-refractivity contribution in [3.05, 3.63) is 53.7 Å². The number of nitrogens with zero attached hydrogens (tertiary/aromatic N) is 5. The van der Waals surface area contributed by atoms with Gasteiger partial charge in [0.05, 0.1) is 11.6 Å². The van der Waals surface area contributed by atoms with Gasteiger partial charge in [0.25, 0.3) is 11.8 Å². The molecule has 0 fully saturated rings. The average molecular weight is 319 g/mol. The lowest BCUT2D eigenvalue weighted by atomic mass is 10.1. The van der Waals surface area contributed by atoms with E-state index in [-0.39, 0.29) is 11.8 Å². The molecule has 2 aromatic heterocycles. The average Bonchev–Trinajstić information content (AvgIpc) is 3.11. The Balaban J connectivity index is 2.04. The van der Waals surface area contributed by atoms with Gasteiger partial charge in [0.1, 0.15) is 5.69 Å². The van der Waals surface area contributed by atoms with Crippen LogP contribution >= 0.6 is 0 Å². The number of pyridine rings is 1. The van der Waals surface area contributed by atoms with Gasteiger partial charge in [-0.15, -0.1) is 0 Å². The normalized spacial score (nSPS) is 10.2. The summed E-state index contributed by atoms with van der Waals surface area (Å²) in [4.78, 5) is 22.1. The number of aromatic nitrogens is 3. The second-order valence-corrected chi connectivity index (χ2v) is 5.25. The summed E-state index contributed by atoms with van der Waals surface area (Å²) in [7, 11) is 3.29. The van der Waals surface area contributed by atoms with Gasteiger partial charge in [0.15, 0.2) is 0 Å². The molecule has 1 aromatic carbocycles. The minimum Gasteiger partial charge on any atom is -0.345 e. The van der Waals surface area contributed by atoms with Crippen LogP contribution in [0.25, 0.3) is 23.0 Å². The highest BCUT2D eigenvalue weighted by atomic mass is 16.5. The third kappa shape index (κ3) is 2.98. The fourth-order valence-electron chi connectivity index (χ4n) is 2.14. The molecule has 1 amide bonds. The molecule has 0 spiro atoms. The van der Waals surface area contributed by atoms with Crippen molar-refractivity contribution in [2.75, 3.05) is 14.1 Å². The standard InChI is InChI=1S/C17H13N5O2/c1-22(2)17(23)13-8-11(10-18)7-12(9-13)16-20-15(21-24-16)14-5-3-4-6-19-14/h3-9H,1-2H3. The first-order valence-electron chi connectivity index (χ1n) is 7.11. The van der Waals surface area contributed by atoms with Crippen molar-refractivity contribution >= 4 is 5.91 Å². The summed E-state index contributed by atoms with van der Waals surface area (Å²) in [6.07, 6.45) is 1.63. The first kappa shape index (κ1) is 15.4. The Hall–Kier alpha value is -3.53. The van der Waals surface area contributed by atoms with Gasteiger partial charge >= 0.3 is 0 Å².